The zero-order valence-electron chi connectivity index (χ0n) is 11.1. The zero-order valence-corrected chi connectivity index (χ0v) is 12.6. The first kappa shape index (κ1) is 15.2. The molecule has 0 fully saturated rings. The van der Waals surface area contributed by atoms with Gasteiger partial charge in [-0.25, -0.2) is 4.98 Å². The third-order valence-corrected chi connectivity index (χ3v) is 4.01. The molecule has 1 aromatic carbocycles. The molecule has 3 N–H and O–H groups in total. The number of anilines is 1. The molecule has 0 aliphatic heterocycles. The molecule has 1 aromatic heterocycles. The van der Waals surface area contributed by atoms with Gasteiger partial charge in [0.15, 0.2) is 0 Å². The Balaban J connectivity index is 2.09. The third kappa shape index (κ3) is 3.46. The molecule has 0 aliphatic carbocycles. The van der Waals surface area contributed by atoms with E-state index in [1.807, 2.05) is 6.07 Å². The average Bonchev–Trinajstić information content (AvgIpc) is 2.90. The van der Waals surface area contributed by atoms with Crippen LogP contribution in [0.2, 0.25) is 5.02 Å². The van der Waals surface area contributed by atoms with Gasteiger partial charge < -0.3 is 15.8 Å². The Kier molecular flexibility index (Phi) is 5.31. The van der Waals surface area contributed by atoms with Crippen molar-refractivity contribution in [1.29, 1.82) is 0 Å². The van der Waals surface area contributed by atoms with Crippen molar-refractivity contribution in [2.24, 2.45) is 5.73 Å². The quantitative estimate of drug-likeness (QED) is 0.804. The summed E-state index contributed by atoms with van der Waals surface area (Å²) in [5.74, 6) is -0.261. The summed E-state index contributed by atoms with van der Waals surface area (Å²) < 4.78 is 5.91. The lowest BCUT2D eigenvalue weighted by molar-refractivity contribution is -0.117. The molecule has 0 aliphatic rings. The van der Waals surface area contributed by atoms with E-state index in [1.165, 1.54) is 11.3 Å². The number of hydrogen-bond acceptors (Lipinski definition) is 5. The van der Waals surface area contributed by atoms with Gasteiger partial charge in [0.1, 0.15) is 5.52 Å². The van der Waals surface area contributed by atoms with Gasteiger partial charge in [-0.1, -0.05) is 11.6 Å². The number of methoxy groups -OCH3 is 1. The highest BCUT2D eigenvalue weighted by molar-refractivity contribution is 7.16. The molecular formula is C13H16ClN3O2S. The summed E-state index contributed by atoms with van der Waals surface area (Å²) >= 11 is 7.62. The maximum Gasteiger partial charge on any atom is 0.241 e. The molecule has 2 rings (SSSR count). The lowest BCUT2D eigenvalue weighted by atomic mass is 10.1. The molecule has 1 unspecified atom stereocenters. The second-order valence-electron chi connectivity index (χ2n) is 4.35. The highest BCUT2D eigenvalue weighted by Gasteiger charge is 2.17. The minimum atomic E-state index is -0.588. The van der Waals surface area contributed by atoms with Crippen LogP contribution in [0.4, 0.5) is 5.69 Å². The number of nitrogens with two attached hydrogens (primary N) is 1. The molecule has 0 saturated heterocycles. The van der Waals surface area contributed by atoms with Gasteiger partial charge in [0.25, 0.3) is 0 Å². The minimum absolute atomic E-state index is 0.261. The molecule has 2 aromatic rings. The number of nitrogens with zero attached hydrogens (tertiary/aromatic N) is 1. The Morgan fingerprint density at radius 2 is 2.40 bits per heavy atom. The van der Waals surface area contributed by atoms with E-state index in [0.29, 0.717) is 29.3 Å². The first-order valence-corrected chi connectivity index (χ1v) is 7.46. The molecule has 108 valence electrons. The molecule has 1 heterocycles. The lowest BCUT2D eigenvalue weighted by Gasteiger charge is -2.13. The van der Waals surface area contributed by atoms with Crippen LogP contribution >= 0.6 is 22.9 Å². The molecule has 0 saturated carbocycles. The van der Waals surface area contributed by atoms with E-state index >= 15 is 0 Å². The Morgan fingerprint density at radius 1 is 1.60 bits per heavy atom. The largest absolute Gasteiger partial charge is 0.385 e. The molecule has 5 nitrogen and oxygen atoms in total. The summed E-state index contributed by atoms with van der Waals surface area (Å²) in [6.45, 7) is 0.587. The highest BCUT2D eigenvalue weighted by atomic mass is 35.5. The minimum Gasteiger partial charge on any atom is -0.385 e. The zero-order chi connectivity index (χ0) is 14.5. The fraction of sp³-hybridized carbons (Fsp3) is 0.385. The summed E-state index contributed by atoms with van der Waals surface area (Å²) in [6, 6.07) is 3.03. The summed E-state index contributed by atoms with van der Waals surface area (Å²) in [7, 11) is 1.62. The first-order valence-electron chi connectivity index (χ1n) is 6.20. The van der Waals surface area contributed by atoms with Crippen molar-refractivity contribution in [2.75, 3.05) is 19.0 Å². The van der Waals surface area contributed by atoms with Gasteiger partial charge in [0, 0.05) is 13.7 Å². The molecule has 0 bridgehead atoms. The van der Waals surface area contributed by atoms with Crippen LogP contribution in [0.25, 0.3) is 10.2 Å². The number of nitrogens with one attached hydrogen (secondary N) is 1. The van der Waals surface area contributed by atoms with Crippen LogP contribution in [0.3, 0.4) is 0 Å². The van der Waals surface area contributed by atoms with Crippen molar-refractivity contribution in [1.82, 2.24) is 4.98 Å². The standard InChI is InChI=1S/C13H16ClN3O2S/c1-19-6-2-3-9(15)13(18)17-11-8(14)4-5-10-12(11)16-7-20-10/h4-5,7,9H,2-3,6,15H2,1H3,(H,17,18). The SMILES string of the molecule is COCCCC(N)C(=O)Nc1c(Cl)ccc2scnc12. The number of amides is 1. The van der Waals surface area contributed by atoms with Crippen LogP contribution in [-0.4, -0.2) is 30.6 Å². The normalized spacial score (nSPS) is 12.6. The van der Waals surface area contributed by atoms with Crippen LogP contribution in [0.15, 0.2) is 17.6 Å². The molecular weight excluding hydrogens is 298 g/mol. The van der Waals surface area contributed by atoms with E-state index < -0.39 is 6.04 Å². The molecule has 1 atom stereocenters. The van der Waals surface area contributed by atoms with Crippen LogP contribution in [0.1, 0.15) is 12.8 Å². The Labute approximate surface area is 126 Å². The molecule has 1 amide bonds. The van der Waals surface area contributed by atoms with Crippen molar-refractivity contribution in [2.45, 2.75) is 18.9 Å². The van der Waals surface area contributed by atoms with E-state index in [2.05, 4.69) is 10.3 Å². The smallest absolute Gasteiger partial charge is 0.241 e. The van der Waals surface area contributed by atoms with Crippen LogP contribution in [0, 0.1) is 0 Å². The van der Waals surface area contributed by atoms with E-state index in [0.717, 1.165) is 11.1 Å². The fourth-order valence-electron chi connectivity index (χ4n) is 1.82. The van der Waals surface area contributed by atoms with E-state index in [9.17, 15) is 4.79 Å². The number of ether oxygens (including phenoxy) is 1. The van der Waals surface area contributed by atoms with Crippen LogP contribution < -0.4 is 11.1 Å². The second kappa shape index (κ2) is 6.99. The number of thiazole rings is 1. The van der Waals surface area contributed by atoms with Gasteiger partial charge in [-0.2, -0.15) is 0 Å². The maximum absolute atomic E-state index is 12.1. The maximum atomic E-state index is 12.1. The summed E-state index contributed by atoms with van der Waals surface area (Å²) in [6.07, 6.45) is 1.30. The van der Waals surface area contributed by atoms with Gasteiger partial charge in [-0.15, -0.1) is 11.3 Å². The van der Waals surface area contributed by atoms with Crippen molar-refractivity contribution >= 4 is 44.7 Å². The number of carbonyl (C=O) groups excluding carboxylic acids is 1. The average molecular weight is 314 g/mol. The number of halogens is 1. The number of benzene rings is 1. The number of hydrogen-bond donors (Lipinski definition) is 2. The van der Waals surface area contributed by atoms with Gasteiger partial charge >= 0.3 is 0 Å². The number of aromatic nitrogens is 1. The summed E-state index contributed by atoms with van der Waals surface area (Å²) in [4.78, 5) is 16.3. The summed E-state index contributed by atoms with van der Waals surface area (Å²) in [5.41, 5.74) is 8.78. The molecule has 20 heavy (non-hydrogen) atoms. The number of fused-ring (bicyclic) bond motifs is 1. The van der Waals surface area contributed by atoms with Crippen LogP contribution in [0.5, 0.6) is 0 Å². The van der Waals surface area contributed by atoms with Crippen molar-refractivity contribution in [3.63, 3.8) is 0 Å². The molecule has 0 radical (unpaired) electrons. The molecule has 0 spiro atoms. The monoisotopic (exact) mass is 313 g/mol. The molecule has 7 heteroatoms. The Morgan fingerprint density at radius 3 is 3.15 bits per heavy atom. The number of rotatable bonds is 6. The van der Waals surface area contributed by atoms with Crippen molar-refractivity contribution in [3.8, 4) is 0 Å². The van der Waals surface area contributed by atoms with Gasteiger partial charge in [0.2, 0.25) is 5.91 Å². The first-order chi connectivity index (χ1) is 9.63. The van der Waals surface area contributed by atoms with Crippen molar-refractivity contribution < 1.29 is 9.53 Å². The highest BCUT2D eigenvalue weighted by Crippen LogP contribution is 2.32. The fourth-order valence-corrected chi connectivity index (χ4v) is 2.70. The third-order valence-electron chi connectivity index (χ3n) is 2.90. The predicted molar refractivity (Wildman–Crippen MR) is 82.3 cm³/mol. The van der Waals surface area contributed by atoms with Gasteiger partial charge in [0.05, 0.1) is 27.0 Å². The topological polar surface area (TPSA) is 77.2 Å². The van der Waals surface area contributed by atoms with E-state index in [4.69, 9.17) is 22.1 Å². The lowest BCUT2D eigenvalue weighted by Crippen LogP contribution is -2.35. The second-order valence-corrected chi connectivity index (χ2v) is 5.65. The van der Waals surface area contributed by atoms with Crippen molar-refractivity contribution in [3.05, 3.63) is 22.7 Å². The van der Waals surface area contributed by atoms with E-state index in [1.54, 1.807) is 18.7 Å². The Hall–Kier alpha value is -1.21. The Bertz CT molecular complexity index is 602. The number of carbonyl (C=O) groups is 1. The van der Waals surface area contributed by atoms with E-state index in [-0.39, 0.29) is 5.91 Å². The van der Waals surface area contributed by atoms with Crippen LogP contribution in [-0.2, 0) is 9.53 Å². The summed E-state index contributed by atoms with van der Waals surface area (Å²) in [5, 5.41) is 3.23. The predicted octanol–water partition coefficient (Wildman–Crippen LogP) is 2.64. The van der Waals surface area contributed by atoms with Gasteiger partial charge in [-0.05, 0) is 25.0 Å². The van der Waals surface area contributed by atoms with Gasteiger partial charge in [-0.3, -0.25) is 4.79 Å².